The van der Waals surface area contributed by atoms with E-state index in [2.05, 4.69) is 38.5 Å². The zero-order chi connectivity index (χ0) is 10.0. The molecule has 0 fully saturated rings. The molecule has 0 aliphatic heterocycles. The molecule has 66 valence electrons. The Hall–Kier alpha value is -0.410. The lowest BCUT2D eigenvalue weighted by molar-refractivity contribution is 0.101. The van der Waals surface area contributed by atoms with Crippen molar-refractivity contribution in [2.45, 2.75) is 6.92 Å². The maximum absolute atomic E-state index is 11.1. The van der Waals surface area contributed by atoms with Crippen LogP contribution in [0.15, 0.2) is 16.6 Å². The Morgan fingerprint density at radius 3 is 2.69 bits per heavy atom. The number of hydrogen-bond acceptors (Lipinski definition) is 2. The number of halogens is 2. The van der Waals surface area contributed by atoms with Crippen molar-refractivity contribution >= 4 is 44.3 Å². The molecule has 0 aromatic heterocycles. The largest absolute Gasteiger partial charge is 0.294 e. The third kappa shape index (κ3) is 2.29. The Morgan fingerprint density at radius 2 is 2.23 bits per heavy atom. The number of carbonyl (C=O) groups is 1. The zero-order valence-corrected chi connectivity index (χ0v) is 10.5. The summed E-state index contributed by atoms with van der Waals surface area (Å²) in [5.41, 5.74) is 1.06. The first-order chi connectivity index (χ1) is 6.06. The van der Waals surface area contributed by atoms with Crippen LogP contribution in [-0.2, 0) is 0 Å². The summed E-state index contributed by atoms with van der Waals surface area (Å²) in [5, 5.41) is 8.75. The highest BCUT2D eigenvalue weighted by molar-refractivity contribution is 14.1. The van der Waals surface area contributed by atoms with Crippen LogP contribution in [0.3, 0.4) is 0 Å². The minimum absolute atomic E-state index is 0.0399. The van der Waals surface area contributed by atoms with Gasteiger partial charge in [0.1, 0.15) is 6.07 Å². The van der Waals surface area contributed by atoms with Gasteiger partial charge >= 0.3 is 0 Å². The second kappa shape index (κ2) is 4.20. The summed E-state index contributed by atoms with van der Waals surface area (Å²) < 4.78 is 1.48. The van der Waals surface area contributed by atoms with E-state index in [-0.39, 0.29) is 5.78 Å². The summed E-state index contributed by atoms with van der Waals surface area (Å²) in [6.07, 6.45) is 0. The smallest absolute Gasteiger partial charge is 0.161 e. The maximum atomic E-state index is 11.1. The number of rotatable bonds is 1. The van der Waals surface area contributed by atoms with Crippen molar-refractivity contribution in [2.24, 2.45) is 0 Å². The number of benzene rings is 1. The van der Waals surface area contributed by atoms with Gasteiger partial charge in [0, 0.05) is 13.6 Å². The summed E-state index contributed by atoms with van der Waals surface area (Å²) >= 11 is 5.31. The lowest BCUT2D eigenvalue weighted by atomic mass is 10.1. The third-order valence-electron chi connectivity index (χ3n) is 1.54. The van der Waals surface area contributed by atoms with Gasteiger partial charge in [-0.3, -0.25) is 4.79 Å². The highest BCUT2D eigenvalue weighted by Gasteiger charge is 2.10. The summed E-state index contributed by atoms with van der Waals surface area (Å²) in [6, 6.07) is 5.52. The predicted molar refractivity (Wildman–Crippen MR) is 61.6 cm³/mol. The fraction of sp³-hybridized carbons (Fsp3) is 0.111. The summed E-state index contributed by atoms with van der Waals surface area (Å²) in [6.45, 7) is 1.48. The van der Waals surface area contributed by atoms with E-state index in [1.807, 2.05) is 6.07 Å². The fourth-order valence-electron chi connectivity index (χ4n) is 0.927. The Morgan fingerprint density at radius 1 is 1.62 bits per heavy atom. The molecular formula is C9H5BrINO. The lowest BCUT2D eigenvalue weighted by Gasteiger charge is -2.02. The van der Waals surface area contributed by atoms with Crippen LogP contribution >= 0.6 is 38.5 Å². The molecule has 0 aliphatic rings. The van der Waals surface area contributed by atoms with Crippen LogP contribution < -0.4 is 0 Å². The molecule has 0 saturated heterocycles. The van der Waals surface area contributed by atoms with Crippen molar-refractivity contribution in [3.8, 4) is 6.07 Å². The highest BCUT2D eigenvalue weighted by atomic mass is 127. The minimum Gasteiger partial charge on any atom is -0.294 e. The van der Waals surface area contributed by atoms with Gasteiger partial charge in [0.25, 0.3) is 0 Å². The van der Waals surface area contributed by atoms with E-state index in [1.54, 1.807) is 12.1 Å². The van der Waals surface area contributed by atoms with Crippen molar-refractivity contribution in [1.82, 2.24) is 0 Å². The number of nitrogens with zero attached hydrogens (tertiary/aromatic N) is 1. The van der Waals surface area contributed by atoms with Crippen molar-refractivity contribution in [2.75, 3.05) is 0 Å². The topological polar surface area (TPSA) is 40.9 Å². The second-order valence-electron chi connectivity index (χ2n) is 2.48. The van der Waals surface area contributed by atoms with Gasteiger partial charge in [-0.15, -0.1) is 0 Å². The molecule has 0 saturated carbocycles. The van der Waals surface area contributed by atoms with E-state index < -0.39 is 0 Å². The first kappa shape index (κ1) is 10.7. The monoisotopic (exact) mass is 349 g/mol. The van der Waals surface area contributed by atoms with Crippen LogP contribution in [0.2, 0.25) is 0 Å². The molecule has 0 atom stereocenters. The minimum atomic E-state index is -0.0399. The Balaban J connectivity index is 3.47. The summed E-state index contributed by atoms with van der Waals surface area (Å²) in [4.78, 5) is 11.1. The number of hydrogen-bond donors (Lipinski definition) is 0. The van der Waals surface area contributed by atoms with Crippen LogP contribution in [0.4, 0.5) is 0 Å². The number of carbonyl (C=O) groups excluding carboxylic acids is 1. The zero-order valence-electron chi connectivity index (χ0n) is 6.77. The lowest BCUT2D eigenvalue weighted by Crippen LogP contribution is -1.96. The second-order valence-corrected chi connectivity index (χ2v) is 4.52. The van der Waals surface area contributed by atoms with Crippen LogP contribution in [0, 0.1) is 14.9 Å². The van der Waals surface area contributed by atoms with E-state index >= 15 is 0 Å². The van der Waals surface area contributed by atoms with Gasteiger partial charge in [0.15, 0.2) is 5.78 Å². The molecule has 0 spiro atoms. The Kier molecular flexibility index (Phi) is 3.45. The van der Waals surface area contributed by atoms with E-state index in [1.165, 1.54) is 6.92 Å². The average Bonchev–Trinajstić information content (AvgIpc) is 2.08. The van der Waals surface area contributed by atoms with Crippen LogP contribution in [0.1, 0.15) is 22.8 Å². The molecule has 13 heavy (non-hydrogen) atoms. The first-order valence-electron chi connectivity index (χ1n) is 3.46. The number of Topliss-reactive ketones (excluding diaryl/α,β-unsaturated/α-hetero) is 1. The number of nitriles is 1. The van der Waals surface area contributed by atoms with Gasteiger partial charge in [-0.1, -0.05) is 0 Å². The molecule has 0 N–H and O–H groups in total. The van der Waals surface area contributed by atoms with E-state index in [4.69, 9.17) is 5.26 Å². The molecular weight excluding hydrogens is 345 g/mol. The fourth-order valence-corrected chi connectivity index (χ4v) is 2.15. The molecule has 2 nitrogen and oxygen atoms in total. The third-order valence-corrected chi connectivity index (χ3v) is 3.01. The van der Waals surface area contributed by atoms with E-state index in [0.717, 1.165) is 3.57 Å². The van der Waals surface area contributed by atoms with Crippen LogP contribution in [0.25, 0.3) is 0 Å². The standard InChI is InChI=1S/C9H5BrINO/c1-5(13)8-3-7(11)2-6(4-12)9(8)10/h2-3H,1H3. The van der Waals surface area contributed by atoms with Crippen molar-refractivity contribution in [3.05, 3.63) is 31.3 Å². The summed E-state index contributed by atoms with van der Waals surface area (Å²) in [5.74, 6) is -0.0399. The number of ketones is 1. The predicted octanol–water partition coefficient (Wildman–Crippen LogP) is 3.13. The van der Waals surface area contributed by atoms with Gasteiger partial charge in [-0.2, -0.15) is 5.26 Å². The maximum Gasteiger partial charge on any atom is 0.161 e. The average molecular weight is 350 g/mol. The van der Waals surface area contributed by atoms with Gasteiger partial charge < -0.3 is 0 Å². The van der Waals surface area contributed by atoms with Gasteiger partial charge in [0.2, 0.25) is 0 Å². The van der Waals surface area contributed by atoms with Crippen LogP contribution in [0.5, 0.6) is 0 Å². The Bertz CT molecular complexity index is 409. The quantitative estimate of drug-likeness (QED) is 0.577. The molecule has 0 heterocycles. The SMILES string of the molecule is CC(=O)c1cc(I)cc(C#N)c1Br. The first-order valence-corrected chi connectivity index (χ1v) is 5.33. The van der Waals surface area contributed by atoms with Crippen molar-refractivity contribution in [3.63, 3.8) is 0 Å². The Labute approximate surface area is 98.2 Å². The molecule has 0 unspecified atom stereocenters. The summed E-state index contributed by atoms with van der Waals surface area (Å²) in [7, 11) is 0. The molecule has 1 rings (SSSR count). The molecule has 1 aromatic rings. The van der Waals surface area contributed by atoms with Gasteiger partial charge in [-0.05, 0) is 57.6 Å². The van der Waals surface area contributed by atoms with Gasteiger partial charge in [0.05, 0.1) is 5.56 Å². The van der Waals surface area contributed by atoms with Gasteiger partial charge in [-0.25, -0.2) is 0 Å². The molecule has 4 heteroatoms. The molecule has 0 aliphatic carbocycles. The van der Waals surface area contributed by atoms with Crippen molar-refractivity contribution in [1.29, 1.82) is 5.26 Å². The normalized spacial score (nSPS) is 9.38. The molecule has 0 amide bonds. The molecule has 0 radical (unpaired) electrons. The molecule has 0 bridgehead atoms. The van der Waals surface area contributed by atoms with Crippen molar-refractivity contribution < 1.29 is 4.79 Å². The highest BCUT2D eigenvalue weighted by Crippen LogP contribution is 2.24. The van der Waals surface area contributed by atoms with Crippen LogP contribution in [-0.4, -0.2) is 5.78 Å². The van der Waals surface area contributed by atoms with E-state index in [0.29, 0.717) is 15.6 Å². The molecule has 1 aromatic carbocycles. The van der Waals surface area contributed by atoms with E-state index in [9.17, 15) is 4.79 Å².